The zero-order valence-electron chi connectivity index (χ0n) is 10.8. The zero-order chi connectivity index (χ0) is 14.1. The first kappa shape index (κ1) is 13.9. The molecule has 1 aromatic heterocycles. The third-order valence-electron chi connectivity index (χ3n) is 2.93. The van der Waals surface area contributed by atoms with Gasteiger partial charge in [-0.25, -0.2) is 13.8 Å². The van der Waals surface area contributed by atoms with Crippen LogP contribution < -0.4 is 5.32 Å². The van der Waals surface area contributed by atoms with Gasteiger partial charge in [-0.05, 0) is 49.0 Å². The Balaban J connectivity index is 1.76. The molecular formula is C13H13F2N3S2. The maximum absolute atomic E-state index is 14.0. The lowest BCUT2D eigenvalue weighted by Crippen LogP contribution is -2.15. The van der Waals surface area contributed by atoms with Crippen molar-refractivity contribution in [3.63, 3.8) is 0 Å². The van der Waals surface area contributed by atoms with Crippen LogP contribution in [0.15, 0.2) is 21.4 Å². The quantitative estimate of drug-likeness (QED) is 0.916. The second-order valence-electron chi connectivity index (χ2n) is 4.75. The predicted octanol–water partition coefficient (Wildman–Crippen LogP) is 3.53. The maximum atomic E-state index is 14.0. The molecule has 1 heterocycles. The van der Waals surface area contributed by atoms with Crippen LogP contribution in [-0.2, 0) is 6.54 Å². The fourth-order valence-electron chi connectivity index (χ4n) is 1.77. The van der Waals surface area contributed by atoms with E-state index in [0.717, 1.165) is 36.1 Å². The van der Waals surface area contributed by atoms with Gasteiger partial charge in [-0.15, -0.1) is 0 Å². The fraction of sp³-hybridized carbons (Fsp3) is 0.385. The summed E-state index contributed by atoms with van der Waals surface area (Å²) in [6.45, 7) is 2.25. The average molecular weight is 313 g/mol. The van der Waals surface area contributed by atoms with Gasteiger partial charge in [0.25, 0.3) is 0 Å². The van der Waals surface area contributed by atoms with Crippen molar-refractivity contribution < 1.29 is 8.78 Å². The minimum Gasteiger partial charge on any atom is -0.310 e. The number of benzene rings is 1. The first-order valence-corrected chi connectivity index (χ1v) is 7.90. The molecule has 7 heteroatoms. The molecule has 20 heavy (non-hydrogen) atoms. The molecule has 0 unspecified atom stereocenters. The standard InChI is InChI=1S/C13H13F2N3S2/c1-7-17-13(20-18-7)19-12-10(14)4-8(5-11(12)15)6-16-9-2-3-9/h4-5,9,16H,2-3,6H2,1H3. The maximum Gasteiger partial charge on any atom is 0.175 e. The Bertz CT molecular complexity index is 603. The lowest BCUT2D eigenvalue weighted by atomic mass is 10.2. The van der Waals surface area contributed by atoms with Crippen molar-refractivity contribution in [3.05, 3.63) is 35.2 Å². The Hall–Kier alpha value is -1.05. The van der Waals surface area contributed by atoms with E-state index in [1.807, 2.05) is 0 Å². The van der Waals surface area contributed by atoms with Gasteiger partial charge < -0.3 is 5.32 Å². The van der Waals surface area contributed by atoms with Gasteiger partial charge >= 0.3 is 0 Å². The summed E-state index contributed by atoms with van der Waals surface area (Å²) in [5.41, 5.74) is 0.629. The van der Waals surface area contributed by atoms with E-state index < -0.39 is 11.6 Å². The fourth-order valence-corrected chi connectivity index (χ4v) is 3.37. The molecule has 2 aromatic rings. The van der Waals surface area contributed by atoms with E-state index in [2.05, 4.69) is 14.7 Å². The summed E-state index contributed by atoms with van der Waals surface area (Å²) in [6.07, 6.45) is 2.30. The summed E-state index contributed by atoms with van der Waals surface area (Å²) in [5.74, 6) is -0.477. The summed E-state index contributed by atoms with van der Waals surface area (Å²) in [5, 5.41) is 3.24. The Morgan fingerprint density at radius 3 is 2.60 bits per heavy atom. The average Bonchev–Trinajstić information content (AvgIpc) is 3.14. The van der Waals surface area contributed by atoms with E-state index in [1.165, 1.54) is 12.1 Å². The summed E-state index contributed by atoms with van der Waals surface area (Å²) < 4.78 is 32.6. The lowest BCUT2D eigenvalue weighted by Gasteiger charge is -2.07. The number of hydrogen-bond acceptors (Lipinski definition) is 5. The number of aromatic nitrogens is 2. The van der Waals surface area contributed by atoms with Gasteiger partial charge in [-0.1, -0.05) is 11.8 Å². The van der Waals surface area contributed by atoms with Crippen molar-refractivity contribution in [1.82, 2.24) is 14.7 Å². The van der Waals surface area contributed by atoms with Gasteiger partial charge in [-0.2, -0.15) is 4.37 Å². The van der Waals surface area contributed by atoms with E-state index in [4.69, 9.17) is 0 Å². The molecular weight excluding hydrogens is 300 g/mol. The molecule has 0 aliphatic heterocycles. The minimum absolute atomic E-state index is 0.0173. The first-order chi connectivity index (χ1) is 9.61. The Morgan fingerprint density at radius 2 is 2.05 bits per heavy atom. The molecule has 0 amide bonds. The van der Waals surface area contributed by atoms with Gasteiger partial charge in [0.1, 0.15) is 17.5 Å². The van der Waals surface area contributed by atoms with Gasteiger partial charge in [-0.3, -0.25) is 0 Å². The van der Waals surface area contributed by atoms with E-state index >= 15 is 0 Å². The number of nitrogens with one attached hydrogen (secondary N) is 1. The highest BCUT2D eigenvalue weighted by molar-refractivity contribution is 8.01. The Morgan fingerprint density at radius 1 is 1.35 bits per heavy atom. The minimum atomic E-state index is -0.546. The Kier molecular flexibility index (Phi) is 4.00. The molecule has 0 atom stereocenters. The highest BCUT2D eigenvalue weighted by Gasteiger charge is 2.21. The zero-order valence-corrected chi connectivity index (χ0v) is 12.5. The normalized spacial score (nSPS) is 14.8. The van der Waals surface area contributed by atoms with Crippen LogP contribution in [0.1, 0.15) is 24.2 Å². The molecule has 3 rings (SSSR count). The molecule has 1 aliphatic rings. The van der Waals surface area contributed by atoms with Crippen LogP contribution in [0.4, 0.5) is 8.78 Å². The van der Waals surface area contributed by atoms with Crippen molar-refractivity contribution in [2.24, 2.45) is 0 Å². The van der Waals surface area contributed by atoms with Crippen LogP contribution in [0.25, 0.3) is 0 Å². The molecule has 0 spiro atoms. The third kappa shape index (κ3) is 3.34. The molecule has 1 N–H and O–H groups in total. The number of hydrogen-bond donors (Lipinski definition) is 1. The molecule has 1 aromatic carbocycles. The smallest absolute Gasteiger partial charge is 0.175 e. The summed E-state index contributed by atoms with van der Waals surface area (Å²) in [7, 11) is 0. The largest absolute Gasteiger partial charge is 0.310 e. The molecule has 1 fully saturated rings. The molecule has 106 valence electrons. The summed E-state index contributed by atoms with van der Waals surface area (Å²) >= 11 is 2.13. The van der Waals surface area contributed by atoms with Gasteiger partial charge in [0.2, 0.25) is 0 Å². The van der Waals surface area contributed by atoms with Crippen LogP contribution in [0.2, 0.25) is 0 Å². The molecule has 0 saturated heterocycles. The number of nitrogens with zero attached hydrogens (tertiary/aromatic N) is 2. The second-order valence-corrected chi connectivity index (χ2v) is 6.76. The Labute approximate surface area is 124 Å². The van der Waals surface area contributed by atoms with Gasteiger partial charge in [0, 0.05) is 12.6 Å². The SMILES string of the molecule is Cc1nsc(Sc2c(F)cc(CNC3CC3)cc2F)n1. The first-order valence-electron chi connectivity index (χ1n) is 6.31. The van der Waals surface area contributed by atoms with Crippen LogP contribution in [-0.4, -0.2) is 15.4 Å². The van der Waals surface area contributed by atoms with E-state index in [9.17, 15) is 8.78 Å². The van der Waals surface area contributed by atoms with E-state index in [-0.39, 0.29) is 4.90 Å². The third-order valence-corrected chi connectivity index (χ3v) is 4.87. The lowest BCUT2D eigenvalue weighted by molar-refractivity contribution is 0.534. The van der Waals surface area contributed by atoms with Gasteiger partial charge in [0.15, 0.2) is 4.34 Å². The molecule has 1 aliphatic carbocycles. The van der Waals surface area contributed by atoms with E-state index in [1.54, 1.807) is 6.92 Å². The number of halogens is 2. The summed E-state index contributed by atoms with van der Waals surface area (Å²) in [6, 6.07) is 3.28. The van der Waals surface area contributed by atoms with E-state index in [0.29, 0.717) is 28.3 Å². The summed E-state index contributed by atoms with van der Waals surface area (Å²) in [4.78, 5) is 4.09. The molecule has 3 nitrogen and oxygen atoms in total. The van der Waals surface area contributed by atoms with Gasteiger partial charge in [0.05, 0.1) is 4.90 Å². The van der Waals surface area contributed by atoms with Crippen molar-refractivity contribution >= 4 is 23.3 Å². The highest BCUT2D eigenvalue weighted by atomic mass is 32.2. The monoisotopic (exact) mass is 313 g/mol. The van der Waals surface area contributed by atoms with Crippen molar-refractivity contribution in [2.75, 3.05) is 0 Å². The van der Waals surface area contributed by atoms with Crippen molar-refractivity contribution in [3.8, 4) is 0 Å². The van der Waals surface area contributed by atoms with Crippen LogP contribution in [0.5, 0.6) is 0 Å². The van der Waals surface area contributed by atoms with Crippen LogP contribution >= 0.6 is 23.3 Å². The topological polar surface area (TPSA) is 37.8 Å². The second kappa shape index (κ2) is 5.75. The van der Waals surface area contributed by atoms with Crippen molar-refractivity contribution in [2.45, 2.75) is 41.6 Å². The highest BCUT2D eigenvalue weighted by Crippen LogP contribution is 2.33. The van der Waals surface area contributed by atoms with Crippen LogP contribution in [0.3, 0.4) is 0 Å². The molecule has 1 saturated carbocycles. The van der Waals surface area contributed by atoms with Crippen LogP contribution in [0, 0.1) is 18.6 Å². The number of aryl methyl sites for hydroxylation is 1. The number of rotatable bonds is 5. The van der Waals surface area contributed by atoms with Crippen molar-refractivity contribution in [1.29, 1.82) is 0 Å². The molecule has 0 bridgehead atoms. The predicted molar refractivity (Wildman–Crippen MR) is 75.0 cm³/mol. The molecule has 0 radical (unpaired) electrons.